The smallest absolute Gasteiger partial charge is 0.287 e. The van der Waals surface area contributed by atoms with Gasteiger partial charge < -0.3 is 15.5 Å². The number of hydrogen-bond acceptors (Lipinski definition) is 3. The highest BCUT2D eigenvalue weighted by Crippen LogP contribution is 2.31. The molecule has 0 unspecified atom stereocenters. The molecule has 1 aromatic carbocycles. The van der Waals surface area contributed by atoms with E-state index < -0.39 is 17.9 Å². The Kier molecular flexibility index (Phi) is 4.55. The van der Waals surface area contributed by atoms with Crippen LogP contribution in [-0.2, 0) is 4.79 Å². The predicted octanol–water partition coefficient (Wildman–Crippen LogP) is 2.86. The summed E-state index contributed by atoms with van der Waals surface area (Å²) in [7, 11) is 0. The van der Waals surface area contributed by atoms with Gasteiger partial charge in [0, 0.05) is 10.6 Å². The second-order valence-electron chi connectivity index (χ2n) is 4.39. The molecule has 1 aromatic heterocycles. The summed E-state index contributed by atoms with van der Waals surface area (Å²) in [6.07, 6.45) is 0. The van der Waals surface area contributed by atoms with E-state index in [4.69, 9.17) is 33.4 Å². The highest BCUT2D eigenvalue weighted by atomic mass is 35.5. The molecule has 0 fully saturated rings. The van der Waals surface area contributed by atoms with E-state index in [0.717, 1.165) is 0 Å². The van der Waals surface area contributed by atoms with Gasteiger partial charge >= 0.3 is 0 Å². The highest BCUT2D eigenvalue weighted by Gasteiger charge is 2.18. The second kappa shape index (κ2) is 6.20. The Hall–Kier alpha value is -1.98. The van der Waals surface area contributed by atoms with Crippen molar-refractivity contribution in [2.45, 2.75) is 13.0 Å². The zero-order chi connectivity index (χ0) is 15.6. The van der Waals surface area contributed by atoms with E-state index in [9.17, 15) is 9.59 Å². The fourth-order valence-corrected chi connectivity index (χ4v) is 2.01. The largest absolute Gasteiger partial charge is 0.451 e. The maximum absolute atomic E-state index is 11.9. The van der Waals surface area contributed by atoms with Crippen molar-refractivity contribution in [1.29, 1.82) is 0 Å². The van der Waals surface area contributed by atoms with Gasteiger partial charge in [-0.05, 0) is 37.3 Å². The van der Waals surface area contributed by atoms with Gasteiger partial charge in [0.1, 0.15) is 11.8 Å². The average Bonchev–Trinajstić information content (AvgIpc) is 2.91. The van der Waals surface area contributed by atoms with Crippen LogP contribution in [0.15, 0.2) is 34.7 Å². The molecule has 2 amide bonds. The molecule has 2 rings (SSSR count). The second-order valence-corrected chi connectivity index (χ2v) is 5.23. The molecule has 0 aliphatic heterocycles. The molecular weight excluding hydrogens is 315 g/mol. The van der Waals surface area contributed by atoms with Gasteiger partial charge in [-0.15, -0.1) is 0 Å². The third-order valence-corrected chi connectivity index (χ3v) is 3.36. The fourth-order valence-electron chi connectivity index (χ4n) is 1.63. The van der Waals surface area contributed by atoms with Gasteiger partial charge in [-0.1, -0.05) is 23.2 Å². The number of hydrogen-bond donors (Lipinski definition) is 2. The Morgan fingerprint density at radius 2 is 1.95 bits per heavy atom. The molecule has 2 aromatic rings. The summed E-state index contributed by atoms with van der Waals surface area (Å²) in [5.74, 6) is -0.716. The number of nitrogens with two attached hydrogens (primary N) is 1. The number of primary amides is 1. The molecule has 5 nitrogen and oxygen atoms in total. The van der Waals surface area contributed by atoms with Crippen LogP contribution in [-0.4, -0.2) is 17.9 Å². The van der Waals surface area contributed by atoms with Crippen LogP contribution in [0.4, 0.5) is 0 Å². The summed E-state index contributed by atoms with van der Waals surface area (Å²) >= 11 is 12.0. The van der Waals surface area contributed by atoms with Crippen LogP contribution in [0, 0.1) is 0 Å². The predicted molar refractivity (Wildman–Crippen MR) is 80.3 cm³/mol. The van der Waals surface area contributed by atoms with Crippen molar-refractivity contribution >= 4 is 35.0 Å². The Labute approximate surface area is 131 Å². The van der Waals surface area contributed by atoms with Crippen LogP contribution >= 0.6 is 23.2 Å². The van der Waals surface area contributed by atoms with E-state index in [0.29, 0.717) is 21.4 Å². The molecule has 0 aliphatic rings. The van der Waals surface area contributed by atoms with Crippen molar-refractivity contribution in [3.8, 4) is 11.3 Å². The van der Waals surface area contributed by atoms with Gasteiger partial charge in [0.05, 0.1) is 5.02 Å². The summed E-state index contributed by atoms with van der Waals surface area (Å²) in [4.78, 5) is 22.8. The lowest BCUT2D eigenvalue weighted by atomic mass is 10.2. The lowest BCUT2D eigenvalue weighted by Crippen LogP contribution is -2.42. The van der Waals surface area contributed by atoms with Crippen LogP contribution in [0.2, 0.25) is 10.0 Å². The summed E-state index contributed by atoms with van der Waals surface area (Å²) in [5.41, 5.74) is 5.65. The van der Waals surface area contributed by atoms with Gasteiger partial charge in [0.15, 0.2) is 5.76 Å². The zero-order valence-corrected chi connectivity index (χ0v) is 12.5. The molecule has 110 valence electrons. The Balaban J connectivity index is 2.24. The van der Waals surface area contributed by atoms with Crippen molar-refractivity contribution in [1.82, 2.24) is 5.32 Å². The first kappa shape index (κ1) is 15.4. The van der Waals surface area contributed by atoms with Gasteiger partial charge in [0.2, 0.25) is 5.91 Å². The van der Waals surface area contributed by atoms with Crippen LogP contribution in [0.3, 0.4) is 0 Å². The molecule has 1 atom stereocenters. The summed E-state index contributed by atoms with van der Waals surface area (Å²) < 4.78 is 5.44. The van der Waals surface area contributed by atoms with Crippen LogP contribution in [0.25, 0.3) is 11.3 Å². The first-order chi connectivity index (χ1) is 9.88. The number of rotatable bonds is 4. The van der Waals surface area contributed by atoms with Gasteiger partial charge in [-0.25, -0.2) is 0 Å². The van der Waals surface area contributed by atoms with Crippen LogP contribution < -0.4 is 11.1 Å². The molecular formula is C14H12Cl2N2O3. The molecule has 1 heterocycles. The van der Waals surface area contributed by atoms with Crippen molar-refractivity contribution in [3.05, 3.63) is 46.1 Å². The van der Waals surface area contributed by atoms with E-state index in [2.05, 4.69) is 5.32 Å². The SMILES string of the molecule is C[C@H](NC(=O)c1ccc(-c2cc(Cl)ccc2Cl)o1)C(N)=O. The Morgan fingerprint density at radius 3 is 2.62 bits per heavy atom. The third kappa shape index (κ3) is 3.56. The molecule has 0 saturated heterocycles. The number of carbonyl (C=O) groups is 2. The molecule has 21 heavy (non-hydrogen) atoms. The summed E-state index contributed by atoms with van der Waals surface area (Å²) in [5, 5.41) is 3.37. The fraction of sp³-hybridized carbons (Fsp3) is 0.143. The molecule has 0 aliphatic carbocycles. The highest BCUT2D eigenvalue weighted by molar-refractivity contribution is 6.35. The van der Waals surface area contributed by atoms with E-state index in [-0.39, 0.29) is 5.76 Å². The molecule has 0 radical (unpaired) electrons. The minimum absolute atomic E-state index is 0.0501. The zero-order valence-electron chi connectivity index (χ0n) is 11.0. The number of halogens is 2. The molecule has 7 heteroatoms. The lowest BCUT2D eigenvalue weighted by molar-refractivity contribution is -0.119. The standard InChI is InChI=1S/C14H12Cl2N2O3/c1-7(13(17)19)18-14(20)12-5-4-11(21-12)9-6-8(15)2-3-10(9)16/h2-7H,1H3,(H2,17,19)(H,18,20)/t7-/m0/s1. The minimum atomic E-state index is -0.791. The number of furan rings is 1. The Bertz CT molecular complexity index is 697. The van der Waals surface area contributed by atoms with E-state index in [1.807, 2.05) is 0 Å². The van der Waals surface area contributed by atoms with Crippen molar-refractivity contribution in [2.75, 3.05) is 0 Å². The van der Waals surface area contributed by atoms with Crippen LogP contribution in [0.1, 0.15) is 17.5 Å². The molecule has 3 N–H and O–H groups in total. The molecule has 0 spiro atoms. The number of nitrogens with one attached hydrogen (secondary N) is 1. The van der Waals surface area contributed by atoms with Crippen molar-refractivity contribution in [3.63, 3.8) is 0 Å². The quantitative estimate of drug-likeness (QED) is 0.905. The minimum Gasteiger partial charge on any atom is -0.451 e. The number of benzene rings is 1. The maximum atomic E-state index is 11.9. The lowest BCUT2D eigenvalue weighted by Gasteiger charge is -2.08. The first-order valence-corrected chi connectivity index (χ1v) is 6.79. The monoisotopic (exact) mass is 326 g/mol. The summed E-state index contributed by atoms with van der Waals surface area (Å²) in [6.45, 7) is 1.48. The topological polar surface area (TPSA) is 85.3 Å². The first-order valence-electron chi connectivity index (χ1n) is 6.04. The molecule has 0 saturated carbocycles. The normalized spacial score (nSPS) is 12.0. The van der Waals surface area contributed by atoms with Crippen molar-refractivity contribution < 1.29 is 14.0 Å². The van der Waals surface area contributed by atoms with E-state index in [1.165, 1.54) is 13.0 Å². The Morgan fingerprint density at radius 1 is 1.24 bits per heavy atom. The van der Waals surface area contributed by atoms with E-state index >= 15 is 0 Å². The number of amides is 2. The third-order valence-electron chi connectivity index (χ3n) is 2.80. The van der Waals surface area contributed by atoms with E-state index in [1.54, 1.807) is 24.3 Å². The number of carbonyl (C=O) groups excluding carboxylic acids is 2. The average molecular weight is 327 g/mol. The van der Waals surface area contributed by atoms with Gasteiger partial charge in [0.25, 0.3) is 5.91 Å². The van der Waals surface area contributed by atoms with Gasteiger partial charge in [-0.3, -0.25) is 9.59 Å². The van der Waals surface area contributed by atoms with Crippen molar-refractivity contribution in [2.24, 2.45) is 5.73 Å². The molecule has 0 bridgehead atoms. The van der Waals surface area contributed by atoms with Gasteiger partial charge in [-0.2, -0.15) is 0 Å². The maximum Gasteiger partial charge on any atom is 0.287 e. The van der Waals surface area contributed by atoms with Crippen LogP contribution in [0.5, 0.6) is 0 Å². The summed E-state index contributed by atoms with van der Waals surface area (Å²) in [6, 6.07) is 7.21.